The minimum atomic E-state index is -1.37. The Morgan fingerprint density at radius 1 is 0.325 bits per heavy atom. The SMILES string of the molecule is C=Cc1ccc([Si](C)(C)CC[Si](C)(C)N(C)C)cc1.C=Cc1ccc([Si](C)(C)CC[Si](C)(C)N(C)C)cc1.C=Cc1cccc(C[Si](C)(C)CC[Si](C)(C)N(C)C)c1.C=Cc1cccc([Si](C)(C)CC[Si](C)(C)N(C)[Si](C)(C)C)c1. The molecule has 4 nitrogen and oxygen atoms in total. The zero-order valence-corrected chi connectivity index (χ0v) is 66.0. The molecule has 0 heterocycles. The highest BCUT2D eigenvalue weighted by molar-refractivity contribution is 6.94. The van der Waals surface area contributed by atoms with Crippen LogP contribution in [0.2, 0.25) is 173 Å². The van der Waals surface area contributed by atoms with E-state index in [0.717, 1.165) is 0 Å². The highest BCUT2D eigenvalue weighted by Gasteiger charge is 2.37. The fourth-order valence-electron chi connectivity index (χ4n) is 9.38. The summed E-state index contributed by atoms with van der Waals surface area (Å²) in [5.74, 6) is 0. The second-order valence-electron chi connectivity index (χ2n) is 30.1. The molecule has 0 N–H and O–H groups in total. The zero-order valence-electron chi connectivity index (χ0n) is 57.0. The largest absolute Gasteiger partial charge is 0.348 e. The van der Waals surface area contributed by atoms with E-state index in [0.29, 0.717) is 0 Å². The molecule has 448 valence electrons. The number of nitrogens with zero attached hydrogens (tertiary/aromatic N) is 4. The van der Waals surface area contributed by atoms with Crippen molar-refractivity contribution in [2.24, 2.45) is 0 Å². The molecule has 80 heavy (non-hydrogen) atoms. The lowest BCUT2D eigenvalue weighted by molar-refractivity contribution is 0.618. The zero-order chi connectivity index (χ0) is 61.9. The Labute approximate surface area is 506 Å². The summed E-state index contributed by atoms with van der Waals surface area (Å²) < 4.78 is 10.2. The van der Waals surface area contributed by atoms with Crippen molar-refractivity contribution in [3.05, 3.63) is 151 Å². The fraction of sp³-hybridized carbons (Fsp3) is 0.522. The molecule has 0 aliphatic rings. The molecule has 0 spiro atoms. The Kier molecular flexibility index (Phi) is 30.5. The van der Waals surface area contributed by atoms with Gasteiger partial charge in [-0.05, 0) is 102 Å². The quantitative estimate of drug-likeness (QED) is 0.0581. The number of hydrogen-bond acceptors (Lipinski definition) is 4. The summed E-state index contributed by atoms with van der Waals surface area (Å²) in [5.41, 5.74) is 6.43. The van der Waals surface area contributed by atoms with Gasteiger partial charge in [0.25, 0.3) is 0 Å². The van der Waals surface area contributed by atoms with Gasteiger partial charge >= 0.3 is 0 Å². The van der Waals surface area contributed by atoms with Crippen molar-refractivity contribution in [3.8, 4) is 0 Å². The normalized spacial score (nSPS) is 13.0. The van der Waals surface area contributed by atoms with Gasteiger partial charge in [0.05, 0.1) is 32.3 Å². The molecule has 0 aromatic heterocycles. The first-order chi connectivity index (χ1) is 36.4. The van der Waals surface area contributed by atoms with Crippen LogP contribution >= 0.6 is 0 Å². The highest BCUT2D eigenvalue weighted by atomic mass is 28.4. The van der Waals surface area contributed by atoms with Crippen LogP contribution in [0.1, 0.15) is 27.8 Å². The average Bonchev–Trinajstić information content (AvgIpc) is 3.38. The fourth-order valence-corrected chi connectivity index (χ4v) is 44.3. The van der Waals surface area contributed by atoms with Gasteiger partial charge in [0.15, 0.2) is 0 Å². The average molecular weight is 1240 g/mol. The second kappa shape index (κ2) is 32.2. The van der Waals surface area contributed by atoms with E-state index in [4.69, 9.17) is 0 Å². The van der Waals surface area contributed by atoms with Crippen molar-refractivity contribution in [1.82, 2.24) is 17.9 Å². The van der Waals surface area contributed by atoms with E-state index < -0.39 is 73.5 Å². The molecule has 0 saturated carbocycles. The van der Waals surface area contributed by atoms with E-state index >= 15 is 0 Å². The lowest BCUT2D eigenvalue weighted by atomic mass is 10.1. The minimum absolute atomic E-state index is 1.16. The van der Waals surface area contributed by atoms with Gasteiger partial charge in [0.1, 0.15) is 41.2 Å². The van der Waals surface area contributed by atoms with Crippen LogP contribution in [0.5, 0.6) is 0 Å². The standard InChI is InChI=1S/C18H35NSi3.C17H31NSi2.2C16H29NSi2/c1-10-17-12-11-13-18(16-17)21(6,7)14-15-22(8,9)19(2)20(3,4)5;1-8-16-10-9-11-17(14-16)15-19(4,5)12-13-20(6,7)18(2)3;2*1-8-15-9-11-16(12-10-15)18(4,5)13-14-19(6,7)17(2)3/h10-13,16H,1,14-15H2,2-9H3;8-11,14H,1,12-13,15H2,2-7H3;2*8-12H,1,13-14H2,2-7H3. The van der Waals surface area contributed by atoms with E-state index in [2.05, 4.69) is 315 Å². The molecule has 0 saturated heterocycles. The molecule has 0 fully saturated rings. The molecule has 4 rings (SSSR count). The van der Waals surface area contributed by atoms with Gasteiger partial charge < -0.3 is 17.9 Å². The first-order valence-corrected chi connectivity index (χ1v) is 59.2. The molecular weight excluding hydrogens is 1110 g/mol. The molecule has 0 amide bonds. The van der Waals surface area contributed by atoms with Gasteiger partial charge in [-0.2, -0.15) is 0 Å². The Bertz CT molecular complexity index is 2410. The van der Waals surface area contributed by atoms with E-state index in [9.17, 15) is 0 Å². The molecule has 0 aliphatic carbocycles. The molecule has 13 heteroatoms. The summed E-state index contributed by atoms with van der Waals surface area (Å²) in [6, 6.07) is 48.4. The highest BCUT2D eigenvalue weighted by Crippen LogP contribution is 2.28. The van der Waals surface area contributed by atoms with Crippen LogP contribution in [0.25, 0.3) is 24.3 Å². The number of benzene rings is 4. The molecule has 0 radical (unpaired) electrons. The molecule has 4 aromatic carbocycles. The third-order valence-electron chi connectivity index (χ3n) is 18.7. The van der Waals surface area contributed by atoms with Crippen molar-refractivity contribution < 1.29 is 0 Å². The van der Waals surface area contributed by atoms with Crippen molar-refractivity contribution in [2.45, 2.75) is 179 Å². The molecule has 0 atom stereocenters. The predicted octanol–water partition coefficient (Wildman–Crippen LogP) is 18.1. The van der Waals surface area contributed by atoms with Crippen LogP contribution < -0.4 is 15.6 Å². The summed E-state index contributed by atoms with van der Waals surface area (Å²) in [7, 11) is 4.65. The minimum Gasteiger partial charge on any atom is -0.348 e. The maximum absolute atomic E-state index is 3.91. The topological polar surface area (TPSA) is 13.0 Å². The predicted molar refractivity (Wildman–Crippen MR) is 399 cm³/mol. The van der Waals surface area contributed by atoms with Gasteiger partial charge in [0.2, 0.25) is 0 Å². The lowest BCUT2D eigenvalue weighted by Gasteiger charge is -2.43. The van der Waals surface area contributed by atoms with E-state index in [-0.39, 0.29) is 0 Å². The summed E-state index contributed by atoms with van der Waals surface area (Å²) in [5, 5.41) is 4.72. The van der Waals surface area contributed by atoms with Gasteiger partial charge in [-0.25, -0.2) is 0 Å². The van der Waals surface area contributed by atoms with Gasteiger partial charge in [-0.1, -0.05) is 317 Å². The number of rotatable bonds is 26. The summed E-state index contributed by atoms with van der Waals surface area (Å²) >= 11 is 0. The van der Waals surface area contributed by atoms with Crippen LogP contribution in [0.3, 0.4) is 0 Å². The molecule has 0 unspecified atom stereocenters. The van der Waals surface area contributed by atoms with Gasteiger partial charge in [-0.3, -0.25) is 0 Å². The molecular formula is C67H124N4Si9. The third kappa shape index (κ3) is 26.3. The van der Waals surface area contributed by atoms with E-state index in [1.54, 1.807) is 15.6 Å². The second-order valence-corrected chi connectivity index (χ2v) is 75.1. The van der Waals surface area contributed by atoms with E-state index in [1.165, 1.54) is 82.2 Å². The Balaban J connectivity index is 0.000000534. The van der Waals surface area contributed by atoms with Crippen molar-refractivity contribution >= 4 is 113 Å². The first kappa shape index (κ1) is 75.6. The molecule has 0 aliphatic heterocycles. The lowest BCUT2D eigenvalue weighted by Crippen LogP contribution is -2.59. The third-order valence-corrected chi connectivity index (χ3v) is 54.6. The smallest absolute Gasteiger partial charge is 0.121 e. The molecule has 4 aromatic rings. The van der Waals surface area contributed by atoms with Crippen LogP contribution in [0.15, 0.2) is 123 Å². The van der Waals surface area contributed by atoms with Gasteiger partial charge in [0, 0.05) is 0 Å². The Morgan fingerprint density at radius 3 is 0.975 bits per heavy atom. The number of hydrogen-bond donors (Lipinski definition) is 0. The van der Waals surface area contributed by atoms with Crippen LogP contribution in [0, 0.1) is 0 Å². The van der Waals surface area contributed by atoms with E-state index in [1.807, 2.05) is 24.3 Å². The van der Waals surface area contributed by atoms with Crippen molar-refractivity contribution in [2.75, 3.05) is 49.3 Å². The van der Waals surface area contributed by atoms with Crippen molar-refractivity contribution in [1.29, 1.82) is 0 Å². The summed E-state index contributed by atoms with van der Waals surface area (Å²) in [6.45, 7) is 62.9. The maximum atomic E-state index is 3.91. The first-order valence-electron chi connectivity index (χ1n) is 30.1. The van der Waals surface area contributed by atoms with Crippen LogP contribution in [-0.2, 0) is 6.04 Å². The summed E-state index contributed by atoms with van der Waals surface area (Å²) in [4.78, 5) is 0. The molecule has 0 bridgehead atoms. The van der Waals surface area contributed by atoms with Crippen LogP contribution in [0.4, 0.5) is 0 Å². The summed E-state index contributed by atoms with van der Waals surface area (Å²) in [6.07, 6.45) is 7.74. The monoisotopic (exact) mass is 1240 g/mol. The Hall–Kier alpha value is -2.37. The van der Waals surface area contributed by atoms with Gasteiger partial charge in [-0.15, -0.1) is 0 Å². The van der Waals surface area contributed by atoms with Crippen LogP contribution in [-0.4, -0.2) is 141 Å². The maximum Gasteiger partial charge on any atom is 0.121 e. The van der Waals surface area contributed by atoms with Crippen molar-refractivity contribution in [3.63, 3.8) is 0 Å². The Morgan fingerprint density at radius 2 is 0.637 bits per heavy atom.